The number of aliphatic hydroxyl groups excluding tert-OH is 1. The Bertz CT molecular complexity index is 900. The quantitative estimate of drug-likeness (QED) is 0.581. The predicted molar refractivity (Wildman–Crippen MR) is 105 cm³/mol. The van der Waals surface area contributed by atoms with Gasteiger partial charge in [0.1, 0.15) is 11.8 Å². The molecule has 6 nitrogen and oxygen atoms in total. The van der Waals surface area contributed by atoms with E-state index in [9.17, 15) is 5.11 Å². The Labute approximate surface area is 160 Å². The Balaban J connectivity index is 1.38. The minimum atomic E-state index is -0.320. The van der Waals surface area contributed by atoms with Crippen LogP contribution in [0.1, 0.15) is 5.56 Å². The number of hydrogen-bond acceptors (Lipinski definition) is 6. The third-order valence-electron chi connectivity index (χ3n) is 4.73. The highest BCUT2D eigenvalue weighted by atomic mass is 35.5. The van der Waals surface area contributed by atoms with Crippen LogP contribution in [0.3, 0.4) is 0 Å². The molecule has 0 bridgehead atoms. The molecule has 0 aliphatic carbocycles. The van der Waals surface area contributed by atoms with E-state index in [0.29, 0.717) is 12.4 Å². The molecule has 26 heavy (non-hydrogen) atoms. The number of rotatable bonds is 5. The predicted octanol–water partition coefficient (Wildman–Crippen LogP) is 2.78. The number of H-pyrrole nitrogens is 1. The molecule has 1 saturated heterocycles. The number of nitrogens with one attached hydrogen (secondary N) is 1. The minimum Gasteiger partial charge on any atom is -0.391 e. The fraction of sp³-hybridized carbons (Fsp3) is 0.333. The molecule has 4 rings (SSSR count). The average Bonchev–Trinajstić information content (AvgIpc) is 3.19. The van der Waals surface area contributed by atoms with E-state index in [1.54, 1.807) is 11.8 Å². The second-order valence-electron chi connectivity index (χ2n) is 6.58. The molecule has 2 atom stereocenters. The van der Waals surface area contributed by atoms with Crippen LogP contribution in [0.4, 0.5) is 5.82 Å². The third kappa shape index (κ3) is 3.66. The maximum Gasteiger partial charge on any atom is 0.151 e. The zero-order chi connectivity index (χ0) is 18.1. The van der Waals surface area contributed by atoms with Gasteiger partial charge >= 0.3 is 0 Å². The van der Waals surface area contributed by atoms with Crippen LogP contribution in [0.2, 0.25) is 5.02 Å². The number of nitrogens with zero attached hydrogens (tertiary/aromatic N) is 3. The highest BCUT2D eigenvalue weighted by Crippen LogP contribution is 2.29. The summed E-state index contributed by atoms with van der Waals surface area (Å²) in [5, 5.41) is 11.2. The fourth-order valence-corrected chi connectivity index (χ4v) is 4.53. The zero-order valence-corrected chi connectivity index (χ0v) is 15.7. The second kappa shape index (κ2) is 7.44. The molecule has 136 valence electrons. The number of nitrogens with two attached hydrogens (primary N) is 1. The summed E-state index contributed by atoms with van der Waals surface area (Å²) in [7, 11) is 0. The number of benzene rings is 1. The van der Waals surface area contributed by atoms with Gasteiger partial charge in [0.2, 0.25) is 0 Å². The first-order chi connectivity index (χ1) is 12.6. The van der Waals surface area contributed by atoms with Crippen LogP contribution in [-0.4, -0.2) is 49.9 Å². The van der Waals surface area contributed by atoms with Gasteiger partial charge in [-0.2, -0.15) is 0 Å². The van der Waals surface area contributed by atoms with Crippen LogP contribution in [0, 0.1) is 5.92 Å². The molecule has 1 aromatic carbocycles. The topological polar surface area (TPSA) is 91.1 Å². The van der Waals surface area contributed by atoms with E-state index in [-0.39, 0.29) is 12.0 Å². The zero-order valence-electron chi connectivity index (χ0n) is 14.1. The van der Waals surface area contributed by atoms with E-state index in [2.05, 4.69) is 19.9 Å². The van der Waals surface area contributed by atoms with Crippen LogP contribution in [0.25, 0.3) is 11.0 Å². The molecule has 0 amide bonds. The van der Waals surface area contributed by atoms with Crippen LogP contribution in [-0.2, 0) is 6.54 Å². The van der Waals surface area contributed by atoms with Crippen molar-refractivity contribution in [1.29, 1.82) is 0 Å². The number of β-amino-alcohol motifs (C(OH)–C–C–N with tert-alkyl or cyclic N) is 1. The van der Waals surface area contributed by atoms with Crippen molar-refractivity contribution in [3.05, 3.63) is 47.4 Å². The van der Waals surface area contributed by atoms with E-state index >= 15 is 0 Å². The van der Waals surface area contributed by atoms with Gasteiger partial charge in [0, 0.05) is 53.0 Å². The van der Waals surface area contributed by atoms with Gasteiger partial charge in [-0.3, -0.25) is 4.90 Å². The standard InChI is InChI=1S/C18H20ClN5OS/c19-13-1-3-14(4-2-13)26-9-12-7-24(8-15(12)25)6-11-5-21-17-16(11)22-10-23-18(17)20/h1-5,10,12,15,21,25H,6-9H2,(H2,20,22,23)/t12?,15-/m1/s1. The largest absolute Gasteiger partial charge is 0.391 e. The maximum absolute atomic E-state index is 10.4. The molecule has 0 radical (unpaired) electrons. The summed E-state index contributed by atoms with van der Waals surface area (Å²) in [4.78, 5) is 14.9. The van der Waals surface area contributed by atoms with Gasteiger partial charge in [0.05, 0.1) is 11.6 Å². The summed E-state index contributed by atoms with van der Waals surface area (Å²) in [6, 6.07) is 7.82. The van der Waals surface area contributed by atoms with Gasteiger partial charge in [-0.25, -0.2) is 9.97 Å². The Morgan fingerprint density at radius 3 is 2.88 bits per heavy atom. The van der Waals surface area contributed by atoms with Crippen molar-refractivity contribution in [2.24, 2.45) is 5.92 Å². The van der Waals surface area contributed by atoms with E-state index in [0.717, 1.165) is 40.5 Å². The lowest BCUT2D eigenvalue weighted by molar-refractivity contribution is 0.149. The van der Waals surface area contributed by atoms with E-state index < -0.39 is 0 Å². The molecule has 4 N–H and O–H groups in total. The Kier molecular flexibility index (Phi) is 5.04. The molecule has 3 heterocycles. The van der Waals surface area contributed by atoms with Crippen molar-refractivity contribution < 1.29 is 5.11 Å². The molecule has 2 aromatic heterocycles. The third-order valence-corrected chi connectivity index (χ3v) is 6.18. The number of nitrogen functional groups attached to an aromatic ring is 1. The molecular formula is C18H20ClN5OS. The fourth-order valence-electron chi connectivity index (χ4n) is 3.34. The number of thioether (sulfide) groups is 1. The summed E-state index contributed by atoms with van der Waals surface area (Å²) in [6.45, 7) is 2.25. The van der Waals surface area contributed by atoms with Crippen molar-refractivity contribution in [3.63, 3.8) is 0 Å². The number of hydrogen-bond donors (Lipinski definition) is 3. The number of aromatic amines is 1. The first-order valence-electron chi connectivity index (χ1n) is 8.45. The summed E-state index contributed by atoms with van der Waals surface area (Å²) in [6.07, 6.45) is 3.09. The monoisotopic (exact) mass is 389 g/mol. The number of likely N-dealkylation sites (tertiary alicyclic amines) is 1. The van der Waals surface area contributed by atoms with Crippen LogP contribution in [0.15, 0.2) is 41.7 Å². The summed E-state index contributed by atoms with van der Waals surface area (Å²) in [5.74, 6) is 1.57. The highest BCUT2D eigenvalue weighted by molar-refractivity contribution is 7.99. The average molecular weight is 390 g/mol. The van der Waals surface area contributed by atoms with Crippen LogP contribution in [0.5, 0.6) is 0 Å². The van der Waals surface area contributed by atoms with E-state index in [4.69, 9.17) is 17.3 Å². The number of aromatic nitrogens is 3. The summed E-state index contributed by atoms with van der Waals surface area (Å²) >= 11 is 7.68. The number of anilines is 1. The molecule has 0 spiro atoms. The second-order valence-corrected chi connectivity index (χ2v) is 8.11. The Hall–Kier alpha value is -1.80. The lowest BCUT2D eigenvalue weighted by atomic mass is 10.1. The molecule has 0 saturated carbocycles. The van der Waals surface area contributed by atoms with Gasteiger partial charge in [-0.05, 0) is 24.3 Å². The van der Waals surface area contributed by atoms with E-state index in [1.165, 1.54) is 11.2 Å². The van der Waals surface area contributed by atoms with Crippen molar-refractivity contribution in [2.75, 3.05) is 24.6 Å². The smallest absolute Gasteiger partial charge is 0.151 e. The first kappa shape index (κ1) is 17.6. The molecule has 1 aliphatic heterocycles. The minimum absolute atomic E-state index is 0.237. The molecule has 8 heteroatoms. The number of fused-ring (bicyclic) bond motifs is 1. The Morgan fingerprint density at radius 1 is 1.27 bits per heavy atom. The normalized spacial score (nSPS) is 20.8. The van der Waals surface area contributed by atoms with Crippen molar-refractivity contribution in [3.8, 4) is 0 Å². The number of halogens is 1. The molecular weight excluding hydrogens is 370 g/mol. The number of aliphatic hydroxyl groups is 1. The molecule has 1 aliphatic rings. The van der Waals surface area contributed by atoms with Crippen molar-refractivity contribution in [2.45, 2.75) is 17.5 Å². The van der Waals surface area contributed by atoms with Gasteiger partial charge < -0.3 is 15.8 Å². The first-order valence-corrected chi connectivity index (χ1v) is 9.81. The van der Waals surface area contributed by atoms with Gasteiger partial charge in [0.25, 0.3) is 0 Å². The Morgan fingerprint density at radius 2 is 2.08 bits per heavy atom. The highest BCUT2D eigenvalue weighted by Gasteiger charge is 2.31. The van der Waals surface area contributed by atoms with Gasteiger partial charge in [0.15, 0.2) is 5.82 Å². The SMILES string of the molecule is Nc1ncnc2c(CN3CC(CSc4ccc(Cl)cc4)[C@H](O)C3)c[nH]c12. The molecule has 1 fully saturated rings. The van der Waals surface area contributed by atoms with Crippen LogP contribution >= 0.6 is 23.4 Å². The van der Waals surface area contributed by atoms with Gasteiger partial charge in [-0.15, -0.1) is 11.8 Å². The van der Waals surface area contributed by atoms with Crippen molar-refractivity contribution >= 4 is 40.2 Å². The lowest BCUT2D eigenvalue weighted by Gasteiger charge is -2.15. The summed E-state index contributed by atoms with van der Waals surface area (Å²) in [5.41, 5.74) is 8.58. The van der Waals surface area contributed by atoms with Crippen LogP contribution < -0.4 is 5.73 Å². The van der Waals surface area contributed by atoms with E-state index in [1.807, 2.05) is 30.5 Å². The maximum atomic E-state index is 10.4. The van der Waals surface area contributed by atoms with Gasteiger partial charge in [-0.1, -0.05) is 11.6 Å². The molecule has 1 unspecified atom stereocenters. The summed E-state index contributed by atoms with van der Waals surface area (Å²) < 4.78 is 0. The van der Waals surface area contributed by atoms with Crippen molar-refractivity contribution in [1.82, 2.24) is 19.9 Å². The lowest BCUT2D eigenvalue weighted by Crippen LogP contribution is -2.21. The molecule has 3 aromatic rings.